The van der Waals surface area contributed by atoms with Gasteiger partial charge in [0.05, 0.1) is 24.4 Å². The molecule has 3 aromatic rings. The number of thiophene rings is 1. The van der Waals surface area contributed by atoms with Crippen LogP contribution in [0.5, 0.6) is 0 Å². The average molecular weight is 384 g/mol. The SMILES string of the molecule is CC(NC(=O)COC(=O)c1ccccc1NCc1ccco1)c1cccs1. The molecule has 1 amide bonds. The summed E-state index contributed by atoms with van der Waals surface area (Å²) in [6, 6.07) is 14.4. The third-order valence-electron chi connectivity index (χ3n) is 3.86. The fraction of sp³-hybridized carbons (Fsp3) is 0.200. The molecule has 7 heteroatoms. The first-order valence-electron chi connectivity index (χ1n) is 8.48. The van der Waals surface area contributed by atoms with Crippen molar-refractivity contribution in [2.24, 2.45) is 0 Å². The maximum atomic E-state index is 12.4. The minimum atomic E-state index is -0.559. The quantitative estimate of drug-likeness (QED) is 0.574. The standard InChI is InChI=1S/C20H20N2O4S/c1-14(18-9-5-11-27-18)22-19(23)13-26-20(24)16-7-2-3-8-17(16)21-12-15-6-4-10-25-15/h2-11,14,21H,12-13H2,1H3,(H,22,23). The van der Waals surface area contributed by atoms with Gasteiger partial charge in [0.1, 0.15) is 5.76 Å². The van der Waals surface area contributed by atoms with E-state index in [0.29, 0.717) is 17.8 Å². The number of hydrogen-bond acceptors (Lipinski definition) is 6. The number of furan rings is 1. The summed E-state index contributed by atoms with van der Waals surface area (Å²) in [5, 5.41) is 7.90. The van der Waals surface area contributed by atoms with Crippen molar-refractivity contribution in [1.29, 1.82) is 0 Å². The van der Waals surface area contributed by atoms with Crippen molar-refractivity contribution in [1.82, 2.24) is 5.32 Å². The Morgan fingerprint density at radius 2 is 2.00 bits per heavy atom. The monoisotopic (exact) mass is 384 g/mol. The van der Waals surface area contributed by atoms with Gasteiger partial charge in [0.2, 0.25) is 0 Å². The number of rotatable bonds is 8. The molecule has 0 saturated heterocycles. The molecular weight excluding hydrogens is 364 g/mol. The molecule has 140 valence electrons. The lowest BCUT2D eigenvalue weighted by Crippen LogP contribution is -2.30. The molecule has 0 fully saturated rings. The molecule has 0 bridgehead atoms. The van der Waals surface area contributed by atoms with Crippen molar-refractivity contribution < 1.29 is 18.7 Å². The fourth-order valence-electron chi connectivity index (χ4n) is 2.51. The van der Waals surface area contributed by atoms with Gasteiger partial charge in [-0.3, -0.25) is 4.79 Å². The smallest absolute Gasteiger partial charge is 0.340 e. The van der Waals surface area contributed by atoms with Gasteiger partial charge in [-0.25, -0.2) is 4.79 Å². The minimum Gasteiger partial charge on any atom is -0.467 e. The van der Waals surface area contributed by atoms with Gasteiger partial charge in [0, 0.05) is 10.6 Å². The number of amides is 1. The molecule has 0 aliphatic carbocycles. The molecule has 27 heavy (non-hydrogen) atoms. The molecule has 1 aromatic carbocycles. The minimum absolute atomic E-state index is 0.126. The first-order chi connectivity index (χ1) is 13.1. The second-order valence-corrected chi connectivity index (χ2v) is 6.84. The summed E-state index contributed by atoms with van der Waals surface area (Å²) < 4.78 is 10.4. The average Bonchev–Trinajstić information content (AvgIpc) is 3.38. The van der Waals surface area contributed by atoms with Crippen LogP contribution in [0.1, 0.15) is 34.0 Å². The molecule has 2 N–H and O–H groups in total. The Kier molecular flexibility index (Phi) is 6.27. The summed E-state index contributed by atoms with van der Waals surface area (Å²) in [7, 11) is 0. The van der Waals surface area contributed by atoms with Crippen LogP contribution in [0.15, 0.2) is 64.6 Å². The van der Waals surface area contributed by atoms with Gasteiger partial charge in [-0.1, -0.05) is 18.2 Å². The third-order valence-corrected chi connectivity index (χ3v) is 4.92. The molecule has 2 heterocycles. The van der Waals surface area contributed by atoms with E-state index >= 15 is 0 Å². The van der Waals surface area contributed by atoms with Crippen LogP contribution in [0.25, 0.3) is 0 Å². The number of para-hydroxylation sites is 1. The highest BCUT2D eigenvalue weighted by Gasteiger charge is 2.16. The molecule has 0 spiro atoms. The highest BCUT2D eigenvalue weighted by atomic mass is 32.1. The van der Waals surface area contributed by atoms with Gasteiger partial charge in [0.15, 0.2) is 6.61 Å². The Morgan fingerprint density at radius 3 is 2.74 bits per heavy atom. The summed E-state index contributed by atoms with van der Waals surface area (Å²) in [5.74, 6) is -0.151. The zero-order valence-corrected chi connectivity index (χ0v) is 15.6. The molecule has 1 unspecified atom stereocenters. The zero-order chi connectivity index (χ0) is 19.1. The van der Waals surface area contributed by atoms with E-state index in [4.69, 9.17) is 9.15 Å². The van der Waals surface area contributed by atoms with Gasteiger partial charge in [-0.15, -0.1) is 11.3 Å². The number of anilines is 1. The highest BCUT2D eigenvalue weighted by molar-refractivity contribution is 7.10. The van der Waals surface area contributed by atoms with E-state index < -0.39 is 5.97 Å². The van der Waals surface area contributed by atoms with E-state index in [0.717, 1.165) is 10.6 Å². The van der Waals surface area contributed by atoms with E-state index in [1.165, 1.54) is 0 Å². The van der Waals surface area contributed by atoms with Crippen LogP contribution in [0.4, 0.5) is 5.69 Å². The predicted molar refractivity (Wildman–Crippen MR) is 104 cm³/mol. The Morgan fingerprint density at radius 1 is 1.15 bits per heavy atom. The fourth-order valence-corrected chi connectivity index (χ4v) is 3.25. The van der Waals surface area contributed by atoms with E-state index in [2.05, 4.69) is 10.6 Å². The van der Waals surface area contributed by atoms with Gasteiger partial charge in [-0.05, 0) is 42.6 Å². The molecule has 0 saturated carbocycles. The first-order valence-corrected chi connectivity index (χ1v) is 9.36. The van der Waals surface area contributed by atoms with Gasteiger partial charge in [-0.2, -0.15) is 0 Å². The second-order valence-electron chi connectivity index (χ2n) is 5.86. The van der Waals surface area contributed by atoms with Crippen LogP contribution in [0.2, 0.25) is 0 Å². The van der Waals surface area contributed by atoms with Crippen molar-refractivity contribution in [2.45, 2.75) is 19.5 Å². The number of nitrogens with one attached hydrogen (secondary N) is 2. The second kappa shape index (κ2) is 9.05. The Balaban J connectivity index is 1.53. The van der Waals surface area contributed by atoms with E-state index in [1.807, 2.05) is 36.6 Å². The van der Waals surface area contributed by atoms with Crippen LogP contribution in [-0.2, 0) is 16.1 Å². The summed E-state index contributed by atoms with van der Waals surface area (Å²) >= 11 is 1.56. The summed E-state index contributed by atoms with van der Waals surface area (Å²) in [6.07, 6.45) is 1.59. The normalized spacial score (nSPS) is 11.6. The summed E-state index contributed by atoms with van der Waals surface area (Å²) in [6.45, 7) is 2.00. The van der Waals surface area contributed by atoms with Crippen LogP contribution < -0.4 is 10.6 Å². The topological polar surface area (TPSA) is 80.6 Å². The maximum Gasteiger partial charge on any atom is 0.340 e. The van der Waals surface area contributed by atoms with Crippen LogP contribution in [0, 0.1) is 0 Å². The number of esters is 1. The van der Waals surface area contributed by atoms with E-state index in [-0.39, 0.29) is 18.6 Å². The van der Waals surface area contributed by atoms with Gasteiger partial charge < -0.3 is 19.8 Å². The first kappa shape index (κ1) is 18.7. The van der Waals surface area contributed by atoms with E-state index in [1.54, 1.807) is 41.9 Å². The van der Waals surface area contributed by atoms with Crippen molar-refractivity contribution >= 4 is 28.9 Å². The van der Waals surface area contributed by atoms with Crippen molar-refractivity contribution in [3.05, 3.63) is 76.4 Å². The van der Waals surface area contributed by atoms with Gasteiger partial charge >= 0.3 is 5.97 Å². The lowest BCUT2D eigenvalue weighted by molar-refractivity contribution is -0.124. The molecular formula is C20H20N2O4S. The lowest BCUT2D eigenvalue weighted by atomic mass is 10.2. The van der Waals surface area contributed by atoms with Crippen molar-refractivity contribution in [2.75, 3.05) is 11.9 Å². The molecule has 0 aliphatic heterocycles. The van der Waals surface area contributed by atoms with Crippen molar-refractivity contribution in [3.63, 3.8) is 0 Å². The molecule has 0 radical (unpaired) electrons. The third kappa shape index (κ3) is 5.21. The number of benzene rings is 1. The summed E-state index contributed by atoms with van der Waals surface area (Å²) in [5.41, 5.74) is 0.981. The molecule has 1 atom stereocenters. The number of hydrogen-bond donors (Lipinski definition) is 2. The van der Waals surface area contributed by atoms with Crippen molar-refractivity contribution in [3.8, 4) is 0 Å². The highest BCUT2D eigenvalue weighted by Crippen LogP contribution is 2.19. The number of carbonyl (C=O) groups excluding carboxylic acids is 2. The summed E-state index contributed by atoms with van der Waals surface area (Å²) in [4.78, 5) is 25.5. The molecule has 0 aliphatic rings. The van der Waals surface area contributed by atoms with Crippen LogP contribution in [-0.4, -0.2) is 18.5 Å². The Hall–Kier alpha value is -3.06. The van der Waals surface area contributed by atoms with Gasteiger partial charge in [0.25, 0.3) is 5.91 Å². The maximum absolute atomic E-state index is 12.4. The lowest BCUT2D eigenvalue weighted by Gasteiger charge is -2.13. The number of ether oxygens (including phenoxy) is 1. The van der Waals surface area contributed by atoms with Crippen LogP contribution in [0.3, 0.4) is 0 Å². The zero-order valence-electron chi connectivity index (χ0n) is 14.8. The number of carbonyl (C=O) groups is 2. The largest absolute Gasteiger partial charge is 0.467 e. The Labute approximate surface area is 161 Å². The molecule has 3 rings (SSSR count). The van der Waals surface area contributed by atoms with E-state index in [9.17, 15) is 9.59 Å². The molecule has 6 nitrogen and oxygen atoms in total. The predicted octanol–water partition coefficient (Wildman–Crippen LogP) is 3.99. The van der Waals surface area contributed by atoms with Crippen LogP contribution >= 0.6 is 11.3 Å². The Bertz CT molecular complexity index is 875. The molecule has 2 aromatic heterocycles.